The maximum absolute atomic E-state index is 13.2. The van der Waals surface area contributed by atoms with E-state index in [1.165, 1.54) is 0 Å². The molecule has 27 heavy (non-hydrogen) atoms. The van der Waals surface area contributed by atoms with Gasteiger partial charge >= 0.3 is 15.2 Å². The Hall–Kier alpha value is -0.890. The van der Waals surface area contributed by atoms with Crippen molar-refractivity contribution in [2.24, 2.45) is 0 Å². The van der Waals surface area contributed by atoms with E-state index in [1.54, 1.807) is 32.6 Å². The van der Waals surface area contributed by atoms with Crippen LogP contribution in [-0.2, 0) is 27.2 Å². The molecule has 1 heterocycles. The molecule has 0 saturated carbocycles. The van der Waals surface area contributed by atoms with Crippen LogP contribution in [0.3, 0.4) is 0 Å². The van der Waals surface area contributed by atoms with E-state index in [0.29, 0.717) is 13.1 Å². The number of hydrogen-bond acceptors (Lipinski definition) is 10. The SMILES string of the molecule is CCOP(=O)(OCC)c1nc(N(CC)CC)nc(P(=O)(OCC)OCC)n1. The molecule has 0 unspecified atom stereocenters. The summed E-state index contributed by atoms with van der Waals surface area (Å²) in [5, 5.41) is 0. The van der Waals surface area contributed by atoms with E-state index in [2.05, 4.69) is 15.0 Å². The third kappa shape index (κ3) is 6.04. The largest absolute Gasteiger partial charge is 0.398 e. The van der Waals surface area contributed by atoms with E-state index in [9.17, 15) is 9.13 Å². The fourth-order valence-corrected chi connectivity index (χ4v) is 5.13. The zero-order valence-electron chi connectivity index (χ0n) is 16.9. The van der Waals surface area contributed by atoms with Gasteiger partial charge in [-0.3, -0.25) is 9.13 Å². The molecule has 0 spiro atoms. The van der Waals surface area contributed by atoms with Crippen molar-refractivity contribution in [3.8, 4) is 0 Å². The molecule has 0 amide bonds. The van der Waals surface area contributed by atoms with Crippen LogP contribution >= 0.6 is 15.2 Å². The quantitative estimate of drug-likeness (QED) is 0.438. The molecular formula is C15H30N4O6P2. The van der Waals surface area contributed by atoms with E-state index in [1.807, 2.05) is 13.8 Å². The lowest BCUT2D eigenvalue weighted by Gasteiger charge is -2.23. The van der Waals surface area contributed by atoms with Crippen molar-refractivity contribution in [3.05, 3.63) is 0 Å². The Morgan fingerprint density at radius 2 is 1.00 bits per heavy atom. The Labute approximate surface area is 161 Å². The summed E-state index contributed by atoms with van der Waals surface area (Å²) in [6.07, 6.45) is 0. The van der Waals surface area contributed by atoms with Crippen LogP contribution in [0.5, 0.6) is 0 Å². The fourth-order valence-electron chi connectivity index (χ4n) is 2.22. The van der Waals surface area contributed by atoms with Crippen molar-refractivity contribution in [2.45, 2.75) is 41.5 Å². The van der Waals surface area contributed by atoms with Crippen molar-refractivity contribution in [2.75, 3.05) is 44.4 Å². The van der Waals surface area contributed by atoms with Crippen LogP contribution in [0.2, 0.25) is 0 Å². The van der Waals surface area contributed by atoms with Gasteiger partial charge in [0.15, 0.2) is 0 Å². The molecule has 0 N–H and O–H groups in total. The molecule has 0 aliphatic rings. The van der Waals surface area contributed by atoms with Gasteiger partial charge in [-0.2, -0.15) is 15.0 Å². The minimum Gasteiger partial charge on any atom is -0.341 e. The summed E-state index contributed by atoms with van der Waals surface area (Å²) in [6, 6.07) is 0. The summed E-state index contributed by atoms with van der Waals surface area (Å²) < 4.78 is 47.7. The highest BCUT2D eigenvalue weighted by Crippen LogP contribution is 2.48. The maximum atomic E-state index is 13.2. The Morgan fingerprint density at radius 3 is 1.26 bits per heavy atom. The summed E-state index contributed by atoms with van der Waals surface area (Å²) >= 11 is 0. The number of nitrogens with zero attached hydrogens (tertiary/aromatic N) is 4. The zero-order chi connectivity index (χ0) is 20.5. The summed E-state index contributed by atoms with van der Waals surface area (Å²) in [5.74, 6) is 0.208. The van der Waals surface area contributed by atoms with E-state index in [0.717, 1.165) is 0 Å². The molecule has 10 nitrogen and oxygen atoms in total. The highest BCUT2D eigenvalue weighted by atomic mass is 31.2. The predicted molar refractivity (Wildman–Crippen MR) is 104 cm³/mol. The molecule has 0 atom stereocenters. The number of rotatable bonds is 13. The molecule has 0 fully saturated rings. The van der Waals surface area contributed by atoms with Crippen LogP contribution in [-0.4, -0.2) is 54.5 Å². The van der Waals surface area contributed by atoms with Crippen molar-refractivity contribution in [1.29, 1.82) is 0 Å². The molecular weight excluding hydrogens is 394 g/mol. The minimum atomic E-state index is -3.81. The summed E-state index contributed by atoms with van der Waals surface area (Å²) in [7, 11) is -7.63. The standard InChI is InChI=1S/C15H30N4O6P2/c1-7-19(8-2)13-16-14(26(20,22-9-3)23-10-4)18-15(17-13)27(21,24-11-5)25-12-6/h7-12H2,1-6H3. The molecule has 156 valence electrons. The van der Waals surface area contributed by atoms with Crippen molar-refractivity contribution in [1.82, 2.24) is 15.0 Å². The van der Waals surface area contributed by atoms with Gasteiger partial charge in [-0.15, -0.1) is 0 Å². The van der Waals surface area contributed by atoms with Gasteiger partial charge in [0.25, 0.3) is 0 Å². The van der Waals surface area contributed by atoms with Crippen LogP contribution in [0.25, 0.3) is 0 Å². The van der Waals surface area contributed by atoms with Crippen LogP contribution in [0, 0.1) is 0 Å². The second-order valence-corrected chi connectivity index (χ2v) is 8.90. The van der Waals surface area contributed by atoms with Gasteiger partial charge < -0.3 is 23.0 Å². The van der Waals surface area contributed by atoms with E-state index >= 15 is 0 Å². The normalized spacial score (nSPS) is 12.4. The van der Waals surface area contributed by atoms with Gasteiger partial charge in [-0.25, -0.2) is 0 Å². The lowest BCUT2D eigenvalue weighted by molar-refractivity contribution is 0.227. The van der Waals surface area contributed by atoms with Gasteiger partial charge in [0.05, 0.1) is 26.4 Å². The van der Waals surface area contributed by atoms with E-state index in [-0.39, 0.29) is 43.5 Å². The van der Waals surface area contributed by atoms with Crippen molar-refractivity contribution in [3.63, 3.8) is 0 Å². The first-order valence-electron chi connectivity index (χ1n) is 9.14. The number of aromatic nitrogens is 3. The smallest absolute Gasteiger partial charge is 0.341 e. The van der Waals surface area contributed by atoms with Gasteiger partial charge in [0.1, 0.15) is 0 Å². The third-order valence-corrected chi connectivity index (χ3v) is 7.10. The molecule has 1 aromatic heterocycles. The topological polar surface area (TPSA) is 113 Å². The molecule has 0 aromatic carbocycles. The third-order valence-electron chi connectivity index (χ3n) is 3.33. The first kappa shape index (κ1) is 24.1. The van der Waals surface area contributed by atoms with Crippen molar-refractivity contribution >= 4 is 32.3 Å². The number of anilines is 1. The Balaban J connectivity index is 3.66. The van der Waals surface area contributed by atoms with Crippen LogP contribution in [0.4, 0.5) is 5.95 Å². The average Bonchev–Trinajstić information content (AvgIpc) is 2.63. The molecule has 12 heteroatoms. The van der Waals surface area contributed by atoms with Crippen LogP contribution in [0.15, 0.2) is 0 Å². The summed E-state index contributed by atoms with van der Waals surface area (Å²) in [6.45, 7) is 12.3. The lowest BCUT2D eigenvalue weighted by atomic mass is 10.5. The summed E-state index contributed by atoms with van der Waals surface area (Å²) in [5.41, 5.74) is -0.421. The summed E-state index contributed by atoms with van der Waals surface area (Å²) in [4.78, 5) is 14.5. The Morgan fingerprint density at radius 1 is 0.667 bits per heavy atom. The molecule has 1 aromatic rings. The van der Waals surface area contributed by atoms with Crippen LogP contribution in [0.1, 0.15) is 41.5 Å². The highest BCUT2D eigenvalue weighted by molar-refractivity contribution is 7.62. The zero-order valence-corrected chi connectivity index (χ0v) is 18.7. The van der Waals surface area contributed by atoms with Crippen molar-refractivity contribution < 1.29 is 27.2 Å². The Bertz CT molecular complexity index is 618. The number of hydrogen-bond donors (Lipinski definition) is 0. The fraction of sp³-hybridized carbons (Fsp3) is 0.800. The maximum Gasteiger partial charge on any atom is 0.398 e. The van der Waals surface area contributed by atoms with Gasteiger partial charge in [0, 0.05) is 13.1 Å². The van der Waals surface area contributed by atoms with E-state index < -0.39 is 15.2 Å². The van der Waals surface area contributed by atoms with E-state index in [4.69, 9.17) is 18.1 Å². The molecule has 0 bridgehead atoms. The highest BCUT2D eigenvalue weighted by Gasteiger charge is 2.38. The lowest BCUT2D eigenvalue weighted by Crippen LogP contribution is -2.35. The molecule has 0 aliphatic carbocycles. The molecule has 0 radical (unpaired) electrons. The second-order valence-electron chi connectivity index (χ2n) is 5.07. The monoisotopic (exact) mass is 424 g/mol. The second kappa shape index (κ2) is 11.2. The minimum absolute atomic E-state index is 0.132. The van der Waals surface area contributed by atoms with Crippen LogP contribution < -0.4 is 16.0 Å². The van der Waals surface area contributed by atoms with Gasteiger partial charge in [0.2, 0.25) is 17.1 Å². The average molecular weight is 424 g/mol. The first-order valence-corrected chi connectivity index (χ1v) is 12.2. The molecule has 0 aliphatic heterocycles. The predicted octanol–water partition coefficient (Wildman–Crippen LogP) is 2.50. The van der Waals surface area contributed by atoms with Gasteiger partial charge in [-0.1, -0.05) is 0 Å². The Kier molecular flexibility index (Phi) is 10.0. The van der Waals surface area contributed by atoms with Gasteiger partial charge in [-0.05, 0) is 41.5 Å². The first-order chi connectivity index (χ1) is 12.8. The molecule has 0 saturated heterocycles. The molecule has 1 rings (SSSR count).